The van der Waals surface area contributed by atoms with Crippen molar-refractivity contribution in [2.45, 2.75) is 13.0 Å². The van der Waals surface area contributed by atoms with Crippen molar-refractivity contribution in [3.05, 3.63) is 64.7 Å². The van der Waals surface area contributed by atoms with E-state index in [2.05, 4.69) is 11.4 Å². The van der Waals surface area contributed by atoms with Crippen LogP contribution in [0.5, 0.6) is 0 Å². The fourth-order valence-corrected chi connectivity index (χ4v) is 3.85. The van der Waals surface area contributed by atoms with Crippen molar-refractivity contribution in [1.82, 2.24) is 5.32 Å². The van der Waals surface area contributed by atoms with Gasteiger partial charge in [0.1, 0.15) is 0 Å². The van der Waals surface area contributed by atoms with Gasteiger partial charge < -0.3 is 5.32 Å². The molecule has 0 aromatic heterocycles. The first kappa shape index (κ1) is 17.0. The molecule has 2 aromatic rings. The van der Waals surface area contributed by atoms with Gasteiger partial charge in [0, 0.05) is 18.7 Å². The second-order valence-electron chi connectivity index (χ2n) is 5.92. The van der Waals surface area contributed by atoms with Gasteiger partial charge in [0.05, 0.1) is 23.6 Å². The molecule has 0 radical (unpaired) electrons. The van der Waals surface area contributed by atoms with E-state index in [1.807, 2.05) is 6.07 Å². The van der Waals surface area contributed by atoms with Gasteiger partial charge in [-0.05, 0) is 47.9 Å². The normalized spacial score (nSPS) is 13.2. The third-order valence-electron chi connectivity index (χ3n) is 4.10. The molecule has 6 nitrogen and oxygen atoms in total. The van der Waals surface area contributed by atoms with Crippen LogP contribution >= 0.6 is 0 Å². The molecule has 1 N–H and O–H groups in total. The SMILES string of the molecule is CS(=O)(=O)N1CCc2cc(C(=O)NCc3cccc(C#N)c3)ccc21. The van der Waals surface area contributed by atoms with Crippen LogP contribution < -0.4 is 9.62 Å². The molecule has 1 aliphatic rings. The number of benzene rings is 2. The summed E-state index contributed by atoms with van der Waals surface area (Å²) in [6.07, 6.45) is 1.77. The van der Waals surface area contributed by atoms with Gasteiger partial charge in [0.2, 0.25) is 10.0 Å². The number of nitriles is 1. The van der Waals surface area contributed by atoms with E-state index in [4.69, 9.17) is 5.26 Å². The summed E-state index contributed by atoms with van der Waals surface area (Å²) in [6.45, 7) is 0.723. The summed E-state index contributed by atoms with van der Waals surface area (Å²) in [5, 5.41) is 11.7. The molecule has 7 heteroatoms. The number of carbonyl (C=O) groups excluding carboxylic acids is 1. The Labute approximate surface area is 146 Å². The van der Waals surface area contributed by atoms with E-state index in [0.29, 0.717) is 36.3 Å². The lowest BCUT2D eigenvalue weighted by atomic mass is 10.1. The van der Waals surface area contributed by atoms with Crippen LogP contribution in [0.15, 0.2) is 42.5 Å². The highest BCUT2D eigenvalue weighted by Gasteiger charge is 2.26. The molecule has 0 saturated carbocycles. The monoisotopic (exact) mass is 355 g/mol. The van der Waals surface area contributed by atoms with Gasteiger partial charge in [-0.15, -0.1) is 0 Å². The molecule has 1 heterocycles. The standard InChI is InChI=1S/C18H17N3O3S/c1-25(23,24)21-8-7-15-10-16(5-6-17(15)21)18(22)20-12-14-4-2-3-13(9-14)11-19/h2-6,9-10H,7-8,12H2,1H3,(H,20,22). The van der Waals surface area contributed by atoms with Gasteiger partial charge in [-0.1, -0.05) is 12.1 Å². The Balaban J connectivity index is 1.73. The molecular weight excluding hydrogens is 338 g/mol. The van der Waals surface area contributed by atoms with Crippen LogP contribution in [0.4, 0.5) is 5.69 Å². The molecule has 0 aliphatic carbocycles. The van der Waals surface area contributed by atoms with Crippen LogP contribution in [0.2, 0.25) is 0 Å². The van der Waals surface area contributed by atoms with E-state index < -0.39 is 10.0 Å². The minimum absolute atomic E-state index is 0.233. The predicted octanol–water partition coefficient (Wildman–Crippen LogP) is 1.81. The number of nitrogens with one attached hydrogen (secondary N) is 1. The van der Waals surface area contributed by atoms with Crippen molar-refractivity contribution in [3.63, 3.8) is 0 Å². The zero-order chi connectivity index (χ0) is 18.0. The first-order valence-electron chi connectivity index (χ1n) is 7.76. The van der Waals surface area contributed by atoms with Crippen molar-refractivity contribution in [2.24, 2.45) is 0 Å². The number of amides is 1. The van der Waals surface area contributed by atoms with Crippen LogP contribution in [0.1, 0.15) is 27.0 Å². The molecule has 0 atom stereocenters. The minimum Gasteiger partial charge on any atom is -0.348 e. The molecule has 128 valence electrons. The molecule has 2 aromatic carbocycles. The molecule has 0 spiro atoms. The molecule has 0 bridgehead atoms. The Bertz CT molecular complexity index is 977. The summed E-state index contributed by atoms with van der Waals surface area (Å²) < 4.78 is 24.9. The summed E-state index contributed by atoms with van der Waals surface area (Å²) in [6, 6.07) is 14.2. The number of anilines is 1. The molecule has 25 heavy (non-hydrogen) atoms. The number of carbonyl (C=O) groups is 1. The Morgan fingerprint density at radius 3 is 2.80 bits per heavy atom. The van der Waals surface area contributed by atoms with Crippen LogP contribution in [-0.2, 0) is 23.0 Å². The number of sulfonamides is 1. The minimum atomic E-state index is -3.30. The highest BCUT2D eigenvalue weighted by molar-refractivity contribution is 7.92. The topological polar surface area (TPSA) is 90.3 Å². The Morgan fingerprint density at radius 2 is 2.08 bits per heavy atom. The lowest BCUT2D eigenvalue weighted by Gasteiger charge is -2.16. The van der Waals surface area contributed by atoms with Crippen molar-refractivity contribution in [2.75, 3.05) is 17.1 Å². The second-order valence-corrected chi connectivity index (χ2v) is 7.83. The Morgan fingerprint density at radius 1 is 1.28 bits per heavy atom. The number of rotatable bonds is 4. The van der Waals surface area contributed by atoms with E-state index >= 15 is 0 Å². The first-order valence-corrected chi connectivity index (χ1v) is 9.61. The van der Waals surface area contributed by atoms with Crippen molar-refractivity contribution < 1.29 is 13.2 Å². The largest absolute Gasteiger partial charge is 0.348 e. The average Bonchev–Trinajstić information content (AvgIpc) is 3.03. The van der Waals surface area contributed by atoms with Crippen LogP contribution in [0.25, 0.3) is 0 Å². The Kier molecular flexibility index (Phi) is 4.47. The first-order chi connectivity index (χ1) is 11.9. The van der Waals surface area contributed by atoms with Crippen molar-refractivity contribution in [3.8, 4) is 6.07 Å². The van der Waals surface area contributed by atoms with Crippen molar-refractivity contribution in [1.29, 1.82) is 5.26 Å². The third-order valence-corrected chi connectivity index (χ3v) is 5.28. The quantitative estimate of drug-likeness (QED) is 0.906. The maximum absolute atomic E-state index is 12.3. The summed E-state index contributed by atoms with van der Waals surface area (Å²) in [5.41, 5.74) is 3.37. The fourth-order valence-electron chi connectivity index (χ4n) is 2.89. The number of hydrogen-bond donors (Lipinski definition) is 1. The van der Waals surface area contributed by atoms with Crippen molar-refractivity contribution >= 4 is 21.6 Å². The van der Waals surface area contributed by atoms with E-state index in [1.165, 1.54) is 10.6 Å². The van der Waals surface area contributed by atoms with Gasteiger partial charge in [-0.25, -0.2) is 8.42 Å². The molecule has 0 unspecified atom stereocenters. The van der Waals surface area contributed by atoms with E-state index in [1.54, 1.807) is 36.4 Å². The van der Waals surface area contributed by atoms with E-state index in [0.717, 1.165) is 11.1 Å². The Hall–Kier alpha value is -2.85. The lowest BCUT2D eigenvalue weighted by Crippen LogP contribution is -2.27. The molecule has 0 fully saturated rings. The second kappa shape index (κ2) is 6.57. The summed E-state index contributed by atoms with van der Waals surface area (Å²) >= 11 is 0. The van der Waals surface area contributed by atoms with Crippen LogP contribution in [-0.4, -0.2) is 27.1 Å². The van der Waals surface area contributed by atoms with Gasteiger partial charge >= 0.3 is 0 Å². The maximum atomic E-state index is 12.3. The molecule has 1 aliphatic heterocycles. The molecular formula is C18H17N3O3S. The fraction of sp³-hybridized carbons (Fsp3) is 0.222. The summed E-state index contributed by atoms with van der Waals surface area (Å²) in [5.74, 6) is -0.233. The molecule has 0 saturated heterocycles. The lowest BCUT2D eigenvalue weighted by molar-refractivity contribution is 0.0951. The number of nitrogens with zero attached hydrogens (tertiary/aromatic N) is 2. The number of hydrogen-bond acceptors (Lipinski definition) is 4. The average molecular weight is 355 g/mol. The van der Waals surface area contributed by atoms with Gasteiger partial charge in [0.15, 0.2) is 0 Å². The van der Waals surface area contributed by atoms with Gasteiger partial charge in [-0.3, -0.25) is 9.10 Å². The number of fused-ring (bicyclic) bond motifs is 1. The van der Waals surface area contributed by atoms with Gasteiger partial charge in [0.25, 0.3) is 5.91 Å². The van der Waals surface area contributed by atoms with E-state index in [9.17, 15) is 13.2 Å². The summed E-state index contributed by atoms with van der Waals surface area (Å²) in [7, 11) is -3.30. The predicted molar refractivity (Wildman–Crippen MR) is 94.7 cm³/mol. The molecule has 3 rings (SSSR count). The zero-order valence-corrected chi connectivity index (χ0v) is 14.5. The van der Waals surface area contributed by atoms with E-state index in [-0.39, 0.29) is 5.91 Å². The maximum Gasteiger partial charge on any atom is 0.251 e. The highest BCUT2D eigenvalue weighted by atomic mass is 32.2. The zero-order valence-electron chi connectivity index (χ0n) is 13.7. The highest BCUT2D eigenvalue weighted by Crippen LogP contribution is 2.30. The smallest absolute Gasteiger partial charge is 0.251 e. The van der Waals surface area contributed by atoms with Gasteiger partial charge in [-0.2, -0.15) is 5.26 Å². The van der Waals surface area contributed by atoms with Crippen LogP contribution in [0.3, 0.4) is 0 Å². The van der Waals surface area contributed by atoms with Crippen LogP contribution in [0, 0.1) is 11.3 Å². The third kappa shape index (κ3) is 3.64. The molecule has 1 amide bonds. The summed E-state index contributed by atoms with van der Waals surface area (Å²) in [4.78, 5) is 12.3.